The van der Waals surface area contributed by atoms with Gasteiger partial charge in [0.1, 0.15) is 0 Å². The van der Waals surface area contributed by atoms with Crippen LogP contribution < -0.4 is 0 Å². The summed E-state index contributed by atoms with van der Waals surface area (Å²) in [7, 11) is 0. The minimum Gasteiger partial charge on any atom is -0.396 e. The molecule has 0 saturated heterocycles. The number of fused-ring (bicyclic) bond motifs is 1. The monoisotopic (exact) mass is 406 g/mol. The number of hydrogen-bond acceptors (Lipinski definition) is 4. The molecule has 0 bridgehead atoms. The van der Waals surface area contributed by atoms with Crippen LogP contribution in [0, 0.1) is 23.2 Å². The summed E-state index contributed by atoms with van der Waals surface area (Å²) in [6, 6.07) is 0. The molecule has 0 radical (unpaired) electrons. The van der Waals surface area contributed by atoms with Gasteiger partial charge in [0.2, 0.25) is 0 Å². The van der Waals surface area contributed by atoms with Gasteiger partial charge >= 0.3 is 0 Å². The first-order valence-corrected chi connectivity index (χ1v) is 11.2. The van der Waals surface area contributed by atoms with E-state index >= 15 is 0 Å². The third-order valence-corrected chi connectivity index (χ3v) is 7.60. The van der Waals surface area contributed by atoms with E-state index in [2.05, 4.69) is 39.0 Å². The summed E-state index contributed by atoms with van der Waals surface area (Å²) in [5, 5.41) is 42.3. The van der Waals surface area contributed by atoms with Gasteiger partial charge in [0.25, 0.3) is 0 Å². The fourth-order valence-corrected chi connectivity index (χ4v) is 5.24. The van der Waals surface area contributed by atoms with Crippen molar-refractivity contribution in [2.24, 2.45) is 23.2 Å². The van der Waals surface area contributed by atoms with Crippen LogP contribution in [0.3, 0.4) is 0 Å². The second-order valence-electron chi connectivity index (χ2n) is 9.87. The maximum Gasteiger partial charge on any atom is 0.0861 e. The van der Waals surface area contributed by atoms with Crippen LogP contribution in [0.15, 0.2) is 34.9 Å². The number of hydrogen-bond donors (Lipinski definition) is 4. The summed E-state index contributed by atoms with van der Waals surface area (Å²) in [4.78, 5) is 0. The van der Waals surface area contributed by atoms with Gasteiger partial charge in [0.05, 0.1) is 18.3 Å². The number of aliphatic hydroxyl groups is 4. The molecule has 0 aromatic rings. The fraction of sp³-hybridized carbons (Fsp3) is 0.760. The molecule has 4 N–H and O–H groups in total. The molecule has 0 heterocycles. The van der Waals surface area contributed by atoms with E-state index in [9.17, 15) is 20.4 Å². The quantitative estimate of drug-likeness (QED) is 0.520. The van der Waals surface area contributed by atoms with Crippen molar-refractivity contribution in [3.8, 4) is 0 Å². The second kappa shape index (κ2) is 10.4. The number of aliphatic hydroxyl groups excluding tert-OH is 4. The zero-order valence-corrected chi connectivity index (χ0v) is 18.9. The normalized spacial score (nSPS) is 44.2. The first-order valence-electron chi connectivity index (χ1n) is 11.2. The molecule has 2 rings (SSSR count). The SMILES string of the molecule is C/C1=C\C[C@]2(C)[C@H](O)[C@H](O)[C@@H]([C@H](C)CO)[C@H]2C/C=C(\C)[C@@H](O)CC/C(C)=C/CC1. The van der Waals surface area contributed by atoms with Crippen LogP contribution in [0.2, 0.25) is 0 Å². The molecular weight excluding hydrogens is 364 g/mol. The number of rotatable bonds is 2. The fourth-order valence-electron chi connectivity index (χ4n) is 5.24. The molecule has 2 aliphatic rings. The van der Waals surface area contributed by atoms with Crippen LogP contribution >= 0.6 is 0 Å². The Hall–Kier alpha value is -0.940. The van der Waals surface area contributed by atoms with Gasteiger partial charge in [-0.2, -0.15) is 0 Å². The Bertz CT molecular complexity index is 635. The Balaban J connectivity index is 2.42. The van der Waals surface area contributed by atoms with E-state index in [-0.39, 0.29) is 24.4 Å². The van der Waals surface area contributed by atoms with Crippen LogP contribution in [0.1, 0.15) is 73.1 Å². The lowest BCUT2D eigenvalue weighted by Gasteiger charge is -2.36. The van der Waals surface area contributed by atoms with Crippen LogP contribution in [-0.4, -0.2) is 45.3 Å². The lowest BCUT2D eigenvalue weighted by atomic mass is 9.69. The van der Waals surface area contributed by atoms with Crippen molar-refractivity contribution in [3.63, 3.8) is 0 Å². The molecule has 0 spiro atoms. The number of allylic oxidation sites excluding steroid dienone is 5. The zero-order valence-electron chi connectivity index (χ0n) is 18.9. The Labute approximate surface area is 177 Å². The molecule has 1 fully saturated rings. The standard InChI is InChI=1S/C25H42O4/c1-16-7-6-8-17(2)13-14-25(5)20(11-10-18(3)21(27)12-9-16)22(19(4)15-26)23(28)24(25)29/h7,10,13,19-24,26-29H,6,8-9,11-12,14-15H2,1-5H3/b16-7+,17-13+,18-10+/t19-,20-,21+,22+,23-,24-,25+/m1/s1. The average Bonchev–Trinajstić information content (AvgIpc) is 2.88. The Morgan fingerprint density at radius 3 is 2.34 bits per heavy atom. The summed E-state index contributed by atoms with van der Waals surface area (Å²) in [6.45, 7) is 10.2. The van der Waals surface area contributed by atoms with Gasteiger partial charge in [0, 0.05) is 12.0 Å². The highest BCUT2D eigenvalue weighted by molar-refractivity contribution is 5.15. The first kappa shape index (κ1) is 24.3. The maximum atomic E-state index is 11.0. The summed E-state index contributed by atoms with van der Waals surface area (Å²) in [6.07, 6.45) is 9.38. The summed E-state index contributed by atoms with van der Waals surface area (Å²) in [5.41, 5.74) is 3.10. The molecule has 0 aliphatic heterocycles. The third-order valence-electron chi connectivity index (χ3n) is 7.60. The van der Waals surface area contributed by atoms with E-state index in [0.717, 1.165) is 24.8 Å². The molecule has 7 atom stereocenters. The Kier molecular flexibility index (Phi) is 8.72. The largest absolute Gasteiger partial charge is 0.396 e. The van der Waals surface area contributed by atoms with Crippen LogP contribution in [0.5, 0.6) is 0 Å². The highest BCUT2D eigenvalue weighted by Gasteiger charge is 2.56. The van der Waals surface area contributed by atoms with Crippen molar-refractivity contribution in [3.05, 3.63) is 34.9 Å². The topological polar surface area (TPSA) is 80.9 Å². The molecule has 0 unspecified atom stereocenters. The van der Waals surface area contributed by atoms with Crippen LogP contribution in [0.4, 0.5) is 0 Å². The molecule has 2 aliphatic carbocycles. The van der Waals surface area contributed by atoms with Crippen molar-refractivity contribution < 1.29 is 20.4 Å². The van der Waals surface area contributed by atoms with Gasteiger partial charge in [-0.25, -0.2) is 0 Å². The van der Waals surface area contributed by atoms with Gasteiger partial charge in [-0.05, 0) is 82.6 Å². The smallest absolute Gasteiger partial charge is 0.0861 e. The minimum absolute atomic E-state index is 0.00778. The van der Waals surface area contributed by atoms with E-state index in [1.807, 2.05) is 13.8 Å². The average molecular weight is 407 g/mol. The van der Waals surface area contributed by atoms with Gasteiger partial charge < -0.3 is 20.4 Å². The van der Waals surface area contributed by atoms with Crippen LogP contribution in [0.25, 0.3) is 0 Å². The predicted octanol–water partition coefficient (Wildman–Crippen LogP) is 4.14. The summed E-state index contributed by atoms with van der Waals surface area (Å²) in [5.74, 6) is -0.232. The highest BCUT2D eigenvalue weighted by atomic mass is 16.3. The maximum absolute atomic E-state index is 11.0. The lowest BCUT2D eigenvalue weighted by molar-refractivity contribution is -0.0312. The highest BCUT2D eigenvalue weighted by Crippen LogP contribution is 2.54. The molecule has 0 aromatic carbocycles. The van der Waals surface area contributed by atoms with Gasteiger partial charge in [-0.1, -0.05) is 43.2 Å². The van der Waals surface area contributed by atoms with Crippen molar-refractivity contribution in [1.29, 1.82) is 0 Å². The van der Waals surface area contributed by atoms with Gasteiger partial charge in [0.15, 0.2) is 0 Å². The van der Waals surface area contributed by atoms with Crippen LogP contribution in [-0.2, 0) is 0 Å². The van der Waals surface area contributed by atoms with Crippen molar-refractivity contribution >= 4 is 0 Å². The van der Waals surface area contributed by atoms with E-state index < -0.39 is 23.7 Å². The van der Waals surface area contributed by atoms with Gasteiger partial charge in [-0.15, -0.1) is 0 Å². The van der Waals surface area contributed by atoms with Crippen molar-refractivity contribution in [2.75, 3.05) is 6.61 Å². The molecule has 29 heavy (non-hydrogen) atoms. The molecule has 0 amide bonds. The van der Waals surface area contributed by atoms with E-state index in [0.29, 0.717) is 19.3 Å². The van der Waals surface area contributed by atoms with Crippen molar-refractivity contribution in [1.82, 2.24) is 0 Å². The van der Waals surface area contributed by atoms with E-state index in [1.54, 1.807) is 0 Å². The van der Waals surface area contributed by atoms with E-state index in [4.69, 9.17) is 0 Å². The second-order valence-corrected chi connectivity index (χ2v) is 9.87. The molecule has 4 heteroatoms. The molecule has 4 nitrogen and oxygen atoms in total. The zero-order chi connectivity index (χ0) is 21.8. The van der Waals surface area contributed by atoms with Crippen molar-refractivity contribution in [2.45, 2.75) is 91.5 Å². The minimum atomic E-state index is -0.844. The Morgan fingerprint density at radius 1 is 1.03 bits per heavy atom. The predicted molar refractivity (Wildman–Crippen MR) is 118 cm³/mol. The van der Waals surface area contributed by atoms with E-state index in [1.165, 1.54) is 11.1 Å². The third kappa shape index (κ3) is 5.61. The molecule has 0 aromatic heterocycles. The first-order chi connectivity index (χ1) is 13.6. The summed E-state index contributed by atoms with van der Waals surface area (Å²) < 4.78 is 0. The molecule has 166 valence electrons. The molecular formula is C25H42O4. The lowest BCUT2D eigenvalue weighted by Crippen LogP contribution is -2.36. The molecule has 1 saturated carbocycles. The Morgan fingerprint density at radius 2 is 1.69 bits per heavy atom. The van der Waals surface area contributed by atoms with Gasteiger partial charge in [-0.3, -0.25) is 0 Å². The summed E-state index contributed by atoms with van der Waals surface area (Å²) >= 11 is 0.